The highest BCUT2D eigenvalue weighted by Gasteiger charge is 2.26. The van der Waals surface area contributed by atoms with Gasteiger partial charge in [0.1, 0.15) is 5.75 Å². The minimum Gasteiger partial charge on any atom is -0.496 e. The molecule has 1 heterocycles. The van der Waals surface area contributed by atoms with Gasteiger partial charge in [-0.1, -0.05) is 0 Å². The van der Waals surface area contributed by atoms with E-state index in [0.717, 1.165) is 16.9 Å². The van der Waals surface area contributed by atoms with E-state index in [9.17, 15) is 9.59 Å². The van der Waals surface area contributed by atoms with Crippen LogP contribution in [0.2, 0.25) is 0 Å². The minimum atomic E-state index is -0.266. The molecule has 0 radical (unpaired) electrons. The summed E-state index contributed by atoms with van der Waals surface area (Å²) in [5.41, 5.74) is 7.89. The number of amides is 2. The van der Waals surface area contributed by atoms with Crippen molar-refractivity contribution in [2.45, 2.75) is 26.7 Å². The number of aryl methyl sites for hydroxylation is 2. The van der Waals surface area contributed by atoms with Gasteiger partial charge >= 0.3 is 0 Å². The first-order valence-electron chi connectivity index (χ1n) is 7.18. The number of benzene rings is 1. The average Bonchev–Trinajstić information content (AvgIpc) is 2.46. The third-order valence-corrected chi connectivity index (χ3v) is 4.10. The van der Waals surface area contributed by atoms with E-state index in [4.69, 9.17) is 10.5 Å². The van der Waals surface area contributed by atoms with E-state index in [1.165, 1.54) is 0 Å². The number of hydrogen-bond donors (Lipinski definition) is 1. The molecule has 0 atom stereocenters. The van der Waals surface area contributed by atoms with Gasteiger partial charge in [0.15, 0.2) is 0 Å². The minimum absolute atomic E-state index is 0.00627. The predicted molar refractivity (Wildman–Crippen MR) is 80.3 cm³/mol. The zero-order valence-electron chi connectivity index (χ0n) is 12.8. The van der Waals surface area contributed by atoms with E-state index in [-0.39, 0.29) is 17.7 Å². The largest absolute Gasteiger partial charge is 0.496 e. The Bertz CT molecular complexity index is 538. The summed E-state index contributed by atoms with van der Waals surface area (Å²) in [7, 11) is 1.63. The standard InChI is InChI=1S/C16H22N2O3/c1-10-8-13(9-11(2)14(10)21-3)16(20)18-6-4-12(5-7-18)15(17)19/h8-9,12H,4-7H2,1-3H3,(H2,17,19). The van der Waals surface area contributed by atoms with Crippen LogP contribution in [0.15, 0.2) is 12.1 Å². The Hall–Kier alpha value is -2.04. The highest BCUT2D eigenvalue weighted by molar-refractivity contribution is 5.95. The second kappa shape index (κ2) is 6.16. The highest BCUT2D eigenvalue weighted by atomic mass is 16.5. The molecular formula is C16H22N2O3. The molecule has 0 aromatic heterocycles. The lowest BCUT2D eigenvalue weighted by Crippen LogP contribution is -2.41. The van der Waals surface area contributed by atoms with E-state index in [1.807, 2.05) is 26.0 Å². The second-order valence-electron chi connectivity index (χ2n) is 5.61. The fourth-order valence-electron chi connectivity index (χ4n) is 2.95. The van der Waals surface area contributed by atoms with Crippen LogP contribution in [0, 0.1) is 19.8 Å². The van der Waals surface area contributed by atoms with Crippen molar-refractivity contribution in [2.24, 2.45) is 11.7 Å². The van der Waals surface area contributed by atoms with Gasteiger partial charge in [-0.05, 0) is 49.9 Å². The number of likely N-dealkylation sites (tertiary alicyclic amines) is 1. The van der Waals surface area contributed by atoms with Gasteiger partial charge in [0.2, 0.25) is 5.91 Å². The van der Waals surface area contributed by atoms with Crippen molar-refractivity contribution in [3.8, 4) is 5.75 Å². The molecule has 114 valence electrons. The third kappa shape index (κ3) is 3.17. The van der Waals surface area contributed by atoms with E-state index in [2.05, 4.69) is 0 Å². The zero-order chi connectivity index (χ0) is 15.6. The second-order valence-corrected chi connectivity index (χ2v) is 5.61. The molecule has 1 aromatic rings. The highest BCUT2D eigenvalue weighted by Crippen LogP contribution is 2.26. The number of ether oxygens (including phenoxy) is 1. The van der Waals surface area contributed by atoms with Gasteiger partial charge in [-0.15, -0.1) is 0 Å². The van der Waals surface area contributed by atoms with Crippen LogP contribution in [0.3, 0.4) is 0 Å². The molecule has 0 bridgehead atoms. The summed E-state index contributed by atoms with van der Waals surface area (Å²) >= 11 is 0. The van der Waals surface area contributed by atoms with Gasteiger partial charge in [-0.25, -0.2) is 0 Å². The van der Waals surface area contributed by atoms with Crippen LogP contribution in [0.5, 0.6) is 5.75 Å². The normalized spacial score (nSPS) is 15.9. The Kier molecular flexibility index (Phi) is 4.50. The van der Waals surface area contributed by atoms with Crippen molar-refractivity contribution in [2.75, 3.05) is 20.2 Å². The molecule has 1 aromatic carbocycles. The fraction of sp³-hybridized carbons (Fsp3) is 0.500. The lowest BCUT2D eigenvalue weighted by Gasteiger charge is -2.30. The maximum atomic E-state index is 12.5. The first-order chi connectivity index (χ1) is 9.93. The van der Waals surface area contributed by atoms with Crippen molar-refractivity contribution in [3.05, 3.63) is 28.8 Å². The topological polar surface area (TPSA) is 72.6 Å². The van der Waals surface area contributed by atoms with Crippen molar-refractivity contribution in [1.82, 2.24) is 4.90 Å². The lowest BCUT2D eigenvalue weighted by atomic mass is 9.95. The fourth-order valence-corrected chi connectivity index (χ4v) is 2.95. The number of hydrogen-bond acceptors (Lipinski definition) is 3. The number of nitrogens with two attached hydrogens (primary N) is 1. The number of rotatable bonds is 3. The molecule has 2 amide bonds. The Morgan fingerprint density at radius 3 is 2.14 bits per heavy atom. The Labute approximate surface area is 125 Å². The number of carbonyl (C=O) groups is 2. The number of nitrogens with zero attached hydrogens (tertiary/aromatic N) is 1. The van der Waals surface area contributed by atoms with Crippen LogP contribution < -0.4 is 10.5 Å². The Morgan fingerprint density at radius 1 is 1.19 bits per heavy atom. The Morgan fingerprint density at radius 2 is 1.71 bits per heavy atom. The molecule has 1 saturated heterocycles. The molecule has 1 fully saturated rings. The summed E-state index contributed by atoms with van der Waals surface area (Å²) < 4.78 is 5.32. The summed E-state index contributed by atoms with van der Waals surface area (Å²) in [4.78, 5) is 25.5. The van der Waals surface area contributed by atoms with Crippen LogP contribution in [-0.4, -0.2) is 36.9 Å². The maximum absolute atomic E-state index is 12.5. The summed E-state index contributed by atoms with van der Waals surface area (Å²) in [6.45, 7) is 5.02. The molecule has 0 aliphatic carbocycles. The number of carbonyl (C=O) groups excluding carboxylic acids is 2. The SMILES string of the molecule is COc1c(C)cc(C(=O)N2CCC(C(N)=O)CC2)cc1C. The van der Waals surface area contributed by atoms with E-state index >= 15 is 0 Å². The molecule has 1 aliphatic rings. The van der Waals surface area contributed by atoms with Gasteiger partial charge in [-0.3, -0.25) is 9.59 Å². The number of methoxy groups -OCH3 is 1. The van der Waals surface area contributed by atoms with E-state index in [0.29, 0.717) is 31.5 Å². The summed E-state index contributed by atoms with van der Waals surface area (Å²) in [6, 6.07) is 3.71. The average molecular weight is 290 g/mol. The van der Waals surface area contributed by atoms with E-state index < -0.39 is 0 Å². The van der Waals surface area contributed by atoms with Crippen LogP contribution in [0.25, 0.3) is 0 Å². The summed E-state index contributed by atoms with van der Waals surface area (Å²) in [5.74, 6) is 0.456. The molecule has 5 heteroatoms. The van der Waals surface area contributed by atoms with Crippen LogP contribution in [0.1, 0.15) is 34.3 Å². The number of piperidine rings is 1. The molecular weight excluding hydrogens is 268 g/mol. The van der Waals surface area contributed by atoms with Crippen molar-refractivity contribution in [1.29, 1.82) is 0 Å². The zero-order valence-corrected chi connectivity index (χ0v) is 12.8. The maximum Gasteiger partial charge on any atom is 0.253 e. The number of primary amides is 1. The van der Waals surface area contributed by atoms with Crippen LogP contribution >= 0.6 is 0 Å². The van der Waals surface area contributed by atoms with Gasteiger partial charge in [0.25, 0.3) is 5.91 Å². The predicted octanol–water partition coefficient (Wildman–Crippen LogP) is 1.65. The molecule has 2 rings (SSSR count). The smallest absolute Gasteiger partial charge is 0.253 e. The monoisotopic (exact) mass is 290 g/mol. The van der Waals surface area contributed by atoms with Crippen molar-refractivity contribution < 1.29 is 14.3 Å². The first-order valence-corrected chi connectivity index (χ1v) is 7.18. The molecule has 0 unspecified atom stereocenters. The van der Waals surface area contributed by atoms with E-state index in [1.54, 1.807) is 12.0 Å². The molecule has 5 nitrogen and oxygen atoms in total. The lowest BCUT2D eigenvalue weighted by molar-refractivity contribution is -0.123. The van der Waals surface area contributed by atoms with Crippen LogP contribution in [0.4, 0.5) is 0 Å². The van der Waals surface area contributed by atoms with Gasteiger partial charge in [0, 0.05) is 24.6 Å². The summed E-state index contributed by atoms with van der Waals surface area (Å²) in [6.07, 6.45) is 1.30. The van der Waals surface area contributed by atoms with Gasteiger partial charge in [0.05, 0.1) is 7.11 Å². The molecule has 0 spiro atoms. The molecule has 1 aliphatic heterocycles. The third-order valence-electron chi connectivity index (χ3n) is 4.10. The van der Waals surface area contributed by atoms with Crippen molar-refractivity contribution in [3.63, 3.8) is 0 Å². The summed E-state index contributed by atoms with van der Waals surface area (Å²) in [5, 5.41) is 0. The van der Waals surface area contributed by atoms with Crippen molar-refractivity contribution >= 4 is 11.8 Å². The molecule has 21 heavy (non-hydrogen) atoms. The quantitative estimate of drug-likeness (QED) is 0.920. The molecule has 2 N–H and O–H groups in total. The van der Waals surface area contributed by atoms with Gasteiger partial charge in [-0.2, -0.15) is 0 Å². The Balaban J connectivity index is 2.13. The molecule has 0 saturated carbocycles. The first kappa shape index (κ1) is 15.4. The van der Waals surface area contributed by atoms with Gasteiger partial charge < -0.3 is 15.4 Å². The van der Waals surface area contributed by atoms with Crippen LogP contribution in [-0.2, 0) is 4.79 Å².